The fourth-order valence-electron chi connectivity index (χ4n) is 1.44. The van der Waals surface area contributed by atoms with Gasteiger partial charge in [0, 0.05) is 16.1 Å². The maximum absolute atomic E-state index is 6.12. The van der Waals surface area contributed by atoms with E-state index in [4.69, 9.17) is 57.5 Å². The first-order valence-electron chi connectivity index (χ1n) is 5.30. The van der Waals surface area contributed by atoms with Crippen molar-refractivity contribution in [3.05, 3.63) is 55.4 Å². The molecule has 0 aromatic heterocycles. The minimum absolute atomic E-state index is 0.267. The molecule has 2 rings (SSSR count). The lowest BCUT2D eigenvalue weighted by atomic mass is 10.2. The number of hydrogen-bond donors (Lipinski definition) is 1. The summed E-state index contributed by atoms with van der Waals surface area (Å²) in [7, 11) is 0. The fraction of sp³-hybridized carbons (Fsp3) is 0. The van der Waals surface area contributed by atoms with E-state index in [0.717, 1.165) is 0 Å². The van der Waals surface area contributed by atoms with Gasteiger partial charge in [0.1, 0.15) is 16.5 Å². The highest BCUT2D eigenvalue weighted by atomic mass is 79.9. The molecule has 0 aliphatic rings. The Morgan fingerprint density at radius 1 is 1.00 bits per heavy atom. The number of thiocarbonyl (C=S) groups is 1. The zero-order valence-electron chi connectivity index (χ0n) is 9.79. The molecule has 0 heterocycles. The molecule has 0 fully saturated rings. The van der Waals surface area contributed by atoms with Crippen LogP contribution in [0.25, 0.3) is 0 Å². The Morgan fingerprint density at radius 2 is 1.65 bits per heavy atom. The molecule has 0 bridgehead atoms. The summed E-state index contributed by atoms with van der Waals surface area (Å²) in [5, 5.41) is 1.28. The van der Waals surface area contributed by atoms with Crippen LogP contribution in [0.4, 0.5) is 0 Å². The Morgan fingerprint density at radius 3 is 2.25 bits per heavy atom. The van der Waals surface area contributed by atoms with Gasteiger partial charge in [0.05, 0.1) is 15.1 Å². The summed E-state index contributed by atoms with van der Waals surface area (Å²) in [5.74, 6) is 0.844. The Labute approximate surface area is 144 Å². The number of halogens is 4. The van der Waals surface area contributed by atoms with Crippen molar-refractivity contribution in [3.63, 3.8) is 0 Å². The Bertz CT molecular complexity index is 694. The molecule has 0 atom stereocenters. The smallest absolute Gasteiger partial charge is 0.147 e. The minimum atomic E-state index is 0.267. The zero-order chi connectivity index (χ0) is 14.9. The van der Waals surface area contributed by atoms with Gasteiger partial charge in [-0.3, -0.25) is 0 Å². The molecule has 0 amide bonds. The third-order valence-corrected chi connectivity index (χ3v) is 4.43. The molecule has 104 valence electrons. The second-order valence-electron chi connectivity index (χ2n) is 3.81. The maximum Gasteiger partial charge on any atom is 0.147 e. The van der Waals surface area contributed by atoms with Gasteiger partial charge in [-0.1, -0.05) is 47.0 Å². The fourth-order valence-corrected chi connectivity index (χ4v) is 2.62. The molecule has 0 unspecified atom stereocenters. The van der Waals surface area contributed by atoms with Gasteiger partial charge in [0.15, 0.2) is 0 Å². The lowest BCUT2D eigenvalue weighted by Gasteiger charge is -2.11. The predicted octanol–water partition coefficient (Wildman–Crippen LogP) is 5.84. The summed E-state index contributed by atoms with van der Waals surface area (Å²) in [5.41, 5.74) is 6.20. The second-order valence-corrected chi connectivity index (χ2v) is 6.32. The van der Waals surface area contributed by atoms with Crippen molar-refractivity contribution in [2.45, 2.75) is 0 Å². The average Bonchev–Trinajstić information content (AvgIpc) is 2.37. The molecular weight excluding hydrogens is 404 g/mol. The molecule has 2 nitrogen and oxygen atoms in total. The highest BCUT2D eigenvalue weighted by Gasteiger charge is 2.11. The van der Waals surface area contributed by atoms with Gasteiger partial charge < -0.3 is 10.5 Å². The van der Waals surface area contributed by atoms with Crippen molar-refractivity contribution in [2.24, 2.45) is 5.73 Å². The van der Waals surface area contributed by atoms with Gasteiger partial charge in [0.25, 0.3) is 0 Å². The first-order valence-corrected chi connectivity index (χ1v) is 7.63. The lowest BCUT2D eigenvalue weighted by Crippen LogP contribution is -2.08. The van der Waals surface area contributed by atoms with Crippen molar-refractivity contribution in [3.8, 4) is 11.5 Å². The van der Waals surface area contributed by atoms with Crippen LogP contribution in [0.3, 0.4) is 0 Å². The van der Waals surface area contributed by atoms with Crippen LogP contribution < -0.4 is 10.5 Å². The normalized spacial score (nSPS) is 10.4. The van der Waals surface area contributed by atoms with E-state index in [1.807, 2.05) is 0 Å². The van der Waals surface area contributed by atoms with E-state index in [-0.39, 0.29) is 4.99 Å². The molecule has 7 heteroatoms. The average molecular weight is 412 g/mol. The topological polar surface area (TPSA) is 35.2 Å². The third-order valence-electron chi connectivity index (χ3n) is 2.41. The van der Waals surface area contributed by atoms with Crippen LogP contribution in [0.15, 0.2) is 34.8 Å². The SMILES string of the molecule is NC(=S)c1ccc(Oc2cc(Cl)c(Br)cc2Cl)c(Cl)c1. The summed E-state index contributed by atoms with van der Waals surface area (Å²) in [6.07, 6.45) is 0. The standard InChI is InChI=1S/C13H7BrCl3NOS/c14-7-4-10(17)12(5-8(7)15)19-11-2-1-6(13(18)20)3-9(11)16/h1-5H,(H2,18,20). The van der Waals surface area contributed by atoms with Crippen LogP contribution in [0, 0.1) is 0 Å². The summed E-state index contributed by atoms with van der Waals surface area (Å²) in [6.45, 7) is 0. The van der Waals surface area contributed by atoms with Crippen molar-refractivity contribution in [2.75, 3.05) is 0 Å². The van der Waals surface area contributed by atoms with Crippen LogP contribution in [0.1, 0.15) is 5.56 Å². The molecule has 0 radical (unpaired) electrons. The van der Waals surface area contributed by atoms with E-state index in [9.17, 15) is 0 Å². The van der Waals surface area contributed by atoms with Gasteiger partial charge in [-0.25, -0.2) is 0 Å². The lowest BCUT2D eigenvalue weighted by molar-refractivity contribution is 0.483. The van der Waals surface area contributed by atoms with Crippen LogP contribution in [0.2, 0.25) is 15.1 Å². The molecule has 2 aromatic rings. The summed E-state index contributed by atoms with van der Waals surface area (Å²) < 4.78 is 6.34. The van der Waals surface area contributed by atoms with Crippen LogP contribution in [-0.4, -0.2) is 4.99 Å². The molecule has 0 saturated heterocycles. The number of rotatable bonds is 3. The molecule has 20 heavy (non-hydrogen) atoms. The van der Waals surface area contributed by atoms with Crippen molar-refractivity contribution in [1.82, 2.24) is 0 Å². The first-order chi connectivity index (χ1) is 9.38. The number of hydrogen-bond acceptors (Lipinski definition) is 2. The molecule has 2 N–H and O–H groups in total. The number of benzene rings is 2. The van der Waals surface area contributed by atoms with Gasteiger partial charge in [-0.2, -0.15) is 0 Å². The summed E-state index contributed by atoms with van der Waals surface area (Å²) in [6, 6.07) is 8.27. The van der Waals surface area contributed by atoms with Gasteiger partial charge in [-0.15, -0.1) is 0 Å². The molecule has 0 spiro atoms. The van der Waals surface area contributed by atoms with Crippen LogP contribution in [-0.2, 0) is 0 Å². The molecular formula is C13H7BrCl3NOS. The Balaban J connectivity index is 2.35. The Kier molecular flexibility index (Phi) is 5.15. The van der Waals surface area contributed by atoms with Crippen molar-refractivity contribution >= 4 is 67.9 Å². The number of nitrogens with two attached hydrogens (primary N) is 1. The molecule has 0 aliphatic heterocycles. The highest BCUT2D eigenvalue weighted by Crippen LogP contribution is 2.38. The van der Waals surface area contributed by atoms with E-state index in [1.54, 1.807) is 30.3 Å². The Hall–Kier alpha value is -0.520. The number of ether oxygens (including phenoxy) is 1. The summed E-state index contributed by atoms with van der Waals surface area (Å²) in [4.78, 5) is 0.267. The van der Waals surface area contributed by atoms with Gasteiger partial charge in [0.2, 0.25) is 0 Å². The highest BCUT2D eigenvalue weighted by molar-refractivity contribution is 9.10. The summed E-state index contributed by atoms with van der Waals surface area (Å²) >= 11 is 26.4. The van der Waals surface area contributed by atoms with E-state index in [1.165, 1.54) is 0 Å². The first kappa shape index (κ1) is 15.9. The monoisotopic (exact) mass is 409 g/mol. The van der Waals surface area contributed by atoms with Gasteiger partial charge >= 0.3 is 0 Å². The van der Waals surface area contributed by atoms with E-state index < -0.39 is 0 Å². The molecule has 2 aromatic carbocycles. The van der Waals surface area contributed by atoms with Crippen molar-refractivity contribution < 1.29 is 4.74 Å². The van der Waals surface area contributed by atoms with E-state index in [0.29, 0.717) is 36.6 Å². The molecule has 0 saturated carbocycles. The van der Waals surface area contributed by atoms with Crippen molar-refractivity contribution in [1.29, 1.82) is 0 Å². The largest absolute Gasteiger partial charge is 0.454 e. The van der Waals surface area contributed by atoms with Gasteiger partial charge in [-0.05, 0) is 40.2 Å². The molecule has 0 aliphatic carbocycles. The predicted molar refractivity (Wildman–Crippen MR) is 91.6 cm³/mol. The van der Waals surface area contributed by atoms with Crippen LogP contribution in [0.5, 0.6) is 11.5 Å². The van der Waals surface area contributed by atoms with E-state index in [2.05, 4.69) is 15.9 Å². The maximum atomic E-state index is 6.12. The quantitative estimate of drug-likeness (QED) is 0.509. The zero-order valence-corrected chi connectivity index (χ0v) is 14.5. The van der Waals surface area contributed by atoms with Crippen LogP contribution >= 0.6 is 63.0 Å². The second kappa shape index (κ2) is 6.50. The third kappa shape index (κ3) is 3.57. The van der Waals surface area contributed by atoms with E-state index >= 15 is 0 Å². The minimum Gasteiger partial charge on any atom is -0.454 e.